The largest absolute Gasteiger partial charge is 0.481 e. The lowest BCUT2D eigenvalue weighted by molar-refractivity contribution is -0.161. The van der Waals surface area contributed by atoms with E-state index < -0.39 is 5.97 Å². The van der Waals surface area contributed by atoms with Crippen molar-refractivity contribution in [2.24, 2.45) is 17.3 Å². The Bertz CT molecular complexity index is 316. The molecule has 3 unspecified atom stereocenters. The molecule has 0 radical (unpaired) electrons. The molecule has 1 fully saturated rings. The summed E-state index contributed by atoms with van der Waals surface area (Å²) in [5, 5.41) is 9.00. The standard InChI is InChI=1S/C14H24O4/c1-9(14(2,3)4)18-13(17)11-7-5-6-10(8-11)12(15)16/h9-11H,5-8H2,1-4H3,(H,15,16). The van der Waals surface area contributed by atoms with E-state index in [1.165, 1.54) is 0 Å². The SMILES string of the molecule is CC(OC(=O)C1CCCC(C(=O)O)C1)C(C)(C)C. The summed E-state index contributed by atoms with van der Waals surface area (Å²) in [6, 6.07) is 0. The smallest absolute Gasteiger partial charge is 0.309 e. The minimum absolute atomic E-state index is 0.0868. The molecule has 0 aromatic heterocycles. The molecule has 0 spiro atoms. The first-order valence-corrected chi connectivity index (χ1v) is 6.65. The van der Waals surface area contributed by atoms with E-state index in [9.17, 15) is 9.59 Å². The van der Waals surface area contributed by atoms with Crippen LogP contribution in [-0.4, -0.2) is 23.1 Å². The maximum atomic E-state index is 12.0. The van der Waals surface area contributed by atoms with E-state index in [-0.39, 0.29) is 29.3 Å². The van der Waals surface area contributed by atoms with Crippen LogP contribution in [0.1, 0.15) is 53.4 Å². The number of carboxylic acids is 1. The Labute approximate surface area is 109 Å². The van der Waals surface area contributed by atoms with E-state index in [2.05, 4.69) is 0 Å². The summed E-state index contributed by atoms with van der Waals surface area (Å²) in [5.41, 5.74) is -0.0868. The van der Waals surface area contributed by atoms with Gasteiger partial charge in [-0.05, 0) is 31.6 Å². The maximum absolute atomic E-state index is 12.0. The number of rotatable bonds is 3. The summed E-state index contributed by atoms with van der Waals surface area (Å²) < 4.78 is 5.45. The first-order valence-electron chi connectivity index (χ1n) is 6.65. The van der Waals surface area contributed by atoms with Crippen molar-refractivity contribution in [3.05, 3.63) is 0 Å². The van der Waals surface area contributed by atoms with Gasteiger partial charge < -0.3 is 9.84 Å². The van der Waals surface area contributed by atoms with E-state index in [1.54, 1.807) is 0 Å². The average Bonchev–Trinajstić information content (AvgIpc) is 2.27. The summed E-state index contributed by atoms with van der Waals surface area (Å²) in [5.74, 6) is -1.66. The Kier molecular flexibility index (Phi) is 4.77. The third-order valence-electron chi connectivity index (χ3n) is 3.87. The Morgan fingerprint density at radius 2 is 1.78 bits per heavy atom. The molecule has 0 bridgehead atoms. The molecule has 104 valence electrons. The summed E-state index contributed by atoms with van der Waals surface area (Å²) in [6.45, 7) is 7.94. The van der Waals surface area contributed by atoms with Gasteiger partial charge in [-0.25, -0.2) is 0 Å². The van der Waals surface area contributed by atoms with Crippen LogP contribution in [-0.2, 0) is 14.3 Å². The molecule has 1 aliphatic carbocycles. The fourth-order valence-corrected chi connectivity index (χ4v) is 2.08. The molecule has 1 aliphatic rings. The number of ether oxygens (including phenoxy) is 1. The van der Waals surface area contributed by atoms with Crippen LogP contribution in [0.2, 0.25) is 0 Å². The number of carbonyl (C=O) groups is 2. The predicted octanol–water partition coefficient (Wildman–Crippen LogP) is 2.86. The molecule has 1 saturated carbocycles. The van der Waals surface area contributed by atoms with Crippen molar-refractivity contribution in [1.82, 2.24) is 0 Å². The monoisotopic (exact) mass is 256 g/mol. The minimum atomic E-state index is -0.795. The molecule has 0 aromatic rings. The van der Waals surface area contributed by atoms with Crippen LogP contribution in [0.3, 0.4) is 0 Å². The molecule has 3 atom stereocenters. The van der Waals surface area contributed by atoms with Gasteiger partial charge in [0.15, 0.2) is 0 Å². The van der Waals surface area contributed by atoms with Gasteiger partial charge in [0, 0.05) is 0 Å². The lowest BCUT2D eigenvalue weighted by Gasteiger charge is -2.30. The molecular formula is C14H24O4. The summed E-state index contributed by atoms with van der Waals surface area (Å²) in [4.78, 5) is 23.0. The van der Waals surface area contributed by atoms with Crippen LogP contribution in [0.15, 0.2) is 0 Å². The van der Waals surface area contributed by atoms with Crippen molar-refractivity contribution in [3.8, 4) is 0 Å². The Hall–Kier alpha value is -1.06. The first-order chi connectivity index (χ1) is 8.21. The Balaban J connectivity index is 2.54. The molecule has 4 heteroatoms. The van der Waals surface area contributed by atoms with Crippen LogP contribution in [0.5, 0.6) is 0 Å². The van der Waals surface area contributed by atoms with E-state index in [0.717, 1.165) is 12.8 Å². The number of carboxylic acid groups (broad SMARTS) is 1. The highest BCUT2D eigenvalue weighted by atomic mass is 16.5. The zero-order chi connectivity index (χ0) is 13.9. The zero-order valence-electron chi connectivity index (χ0n) is 11.7. The van der Waals surface area contributed by atoms with E-state index in [4.69, 9.17) is 9.84 Å². The quantitative estimate of drug-likeness (QED) is 0.789. The molecule has 0 heterocycles. The van der Waals surface area contributed by atoms with Gasteiger partial charge in [0.1, 0.15) is 6.10 Å². The fourth-order valence-electron chi connectivity index (χ4n) is 2.08. The van der Waals surface area contributed by atoms with Crippen molar-refractivity contribution < 1.29 is 19.4 Å². The lowest BCUT2D eigenvalue weighted by atomic mass is 9.81. The van der Waals surface area contributed by atoms with Gasteiger partial charge in [0.25, 0.3) is 0 Å². The summed E-state index contributed by atoms with van der Waals surface area (Å²) in [6.07, 6.45) is 2.48. The minimum Gasteiger partial charge on any atom is -0.481 e. The molecule has 1 rings (SSSR count). The van der Waals surface area contributed by atoms with Gasteiger partial charge in [-0.3, -0.25) is 9.59 Å². The maximum Gasteiger partial charge on any atom is 0.309 e. The molecule has 0 saturated heterocycles. The predicted molar refractivity (Wildman–Crippen MR) is 68.1 cm³/mol. The molecule has 18 heavy (non-hydrogen) atoms. The zero-order valence-corrected chi connectivity index (χ0v) is 11.7. The number of esters is 1. The van der Waals surface area contributed by atoms with Crippen LogP contribution in [0, 0.1) is 17.3 Å². The third-order valence-corrected chi connectivity index (χ3v) is 3.87. The highest BCUT2D eigenvalue weighted by molar-refractivity contribution is 5.75. The average molecular weight is 256 g/mol. The molecule has 0 aliphatic heterocycles. The number of hydrogen-bond acceptors (Lipinski definition) is 3. The molecule has 4 nitrogen and oxygen atoms in total. The van der Waals surface area contributed by atoms with Crippen LogP contribution in [0.4, 0.5) is 0 Å². The van der Waals surface area contributed by atoms with Crippen molar-refractivity contribution >= 4 is 11.9 Å². The van der Waals surface area contributed by atoms with Gasteiger partial charge in [0.2, 0.25) is 0 Å². The van der Waals surface area contributed by atoms with Crippen LogP contribution < -0.4 is 0 Å². The normalized spacial score (nSPS) is 26.4. The van der Waals surface area contributed by atoms with Gasteiger partial charge in [-0.15, -0.1) is 0 Å². The van der Waals surface area contributed by atoms with Gasteiger partial charge >= 0.3 is 11.9 Å². The van der Waals surface area contributed by atoms with E-state index in [0.29, 0.717) is 12.8 Å². The fraction of sp³-hybridized carbons (Fsp3) is 0.857. The number of aliphatic carboxylic acids is 1. The van der Waals surface area contributed by atoms with E-state index in [1.807, 2.05) is 27.7 Å². The summed E-state index contributed by atoms with van der Waals surface area (Å²) in [7, 11) is 0. The van der Waals surface area contributed by atoms with Crippen LogP contribution >= 0.6 is 0 Å². The Morgan fingerprint density at radius 1 is 1.22 bits per heavy atom. The second-order valence-electron chi connectivity index (χ2n) is 6.34. The summed E-state index contributed by atoms with van der Waals surface area (Å²) >= 11 is 0. The highest BCUT2D eigenvalue weighted by Gasteiger charge is 2.34. The molecule has 1 N–H and O–H groups in total. The van der Waals surface area contributed by atoms with Crippen molar-refractivity contribution in [2.45, 2.75) is 59.5 Å². The van der Waals surface area contributed by atoms with Gasteiger partial charge in [-0.2, -0.15) is 0 Å². The Morgan fingerprint density at radius 3 is 2.28 bits per heavy atom. The van der Waals surface area contributed by atoms with E-state index >= 15 is 0 Å². The van der Waals surface area contributed by atoms with Gasteiger partial charge in [0.05, 0.1) is 11.8 Å². The van der Waals surface area contributed by atoms with Gasteiger partial charge in [-0.1, -0.05) is 27.2 Å². The number of carbonyl (C=O) groups excluding carboxylic acids is 1. The van der Waals surface area contributed by atoms with Crippen molar-refractivity contribution in [3.63, 3.8) is 0 Å². The topological polar surface area (TPSA) is 63.6 Å². The highest BCUT2D eigenvalue weighted by Crippen LogP contribution is 2.31. The second-order valence-corrected chi connectivity index (χ2v) is 6.34. The van der Waals surface area contributed by atoms with Crippen molar-refractivity contribution in [1.29, 1.82) is 0 Å². The molecular weight excluding hydrogens is 232 g/mol. The third kappa shape index (κ3) is 4.00. The molecule has 0 amide bonds. The lowest BCUT2D eigenvalue weighted by Crippen LogP contribution is -2.34. The first kappa shape index (κ1) is 15.0. The second kappa shape index (κ2) is 5.72. The molecule has 0 aromatic carbocycles. The van der Waals surface area contributed by atoms with Crippen molar-refractivity contribution in [2.75, 3.05) is 0 Å². The van der Waals surface area contributed by atoms with Crippen LogP contribution in [0.25, 0.3) is 0 Å². The number of hydrogen-bond donors (Lipinski definition) is 1.